The summed E-state index contributed by atoms with van der Waals surface area (Å²) in [4.78, 5) is 2.39. The van der Waals surface area contributed by atoms with Crippen LogP contribution in [0.4, 0.5) is 0 Å². The number of nitrogens with one attached hydrogen (secondary N) is 1. The molecule has 0 aliphatic heterocycles. The average Bonchev–Trinajstić information content (AvgIpc) is 2.86. The van der Waals surface area contributed by atoms with Crippen LogP contribution < -0.4 is 5.32 Å². The molecule has 0 fully saturated rings. The predicted octanol–water partition coefficient (Wildman–Crippen LogP) is 6.83. The van der Waals surface area contributed by atoms with Gasteiger partial charge in [0.15, 0.2) is 0 Å². The van der Waals surface area contributed by atoms with Crippen molar-refractivity contribution in [1.29, 1.82) is 0 Å². The van der Waals surface area contributed by atoms with Gasteiger partial charge >= 0.3 is 0 Å². The van der Waals surface area contributed by atoms with E-state index in [0.29, 0.717) is 21.1 Å². The van der Waals surface area contributed by atoms with Crippen LogP contribution in [0.1, 0.15) is 37.6 Å². The second-order valence-electron chi connectivity index (χ2n) is 4.85. The fourth-order valence-electron chi connectivity index (χ4n) is 2.33. The highest BCUT2D eigenvalue weighted by Crippen LogP contribution is 2.41. The number of halogens is 3. The van der Waals surface area contributed by atoms with Crippen molar-refractivity contribution < 1.29 is 0 Å². The molecule has 2 aromatic rings. The summed E-state index contributed by atoms with van der Waals surface area (Å²) in [5, 5.41) is 5.27. The molecule has 0 saturated heterocycles. The van der Waals surface area contributed by atoms with E-state index in [9.17, 15) is 0 Å². The van der Waals surface area contributed by atoms with E-state index in [1.165, 1.54) is 4.88 Å². The van der Waals surface area contributed by atoms with Crippen molar-refractivity contribution in [2.45, 2.75) is 32.7 Å². The Morgan fingerprint density at radius 3 is 2.33 bits per heavy atom. The summed E-state index contributed by atoms with van der Waals surface area (Å²) < 4.78 is 0. The second-order valence-corrected chi connectivity index (χ2v) is 7.21. The van der Waals surface area contributed by atoms with Gasteiger partial charge in [0.05, 0.1) is 10.0 Å². The van der Waals surface area contributed by atoms with Gasteiger partial charge in [0.25, 0.3) is 0 Å². The van der Waals surface area contributed by atoms with Crippen LogP contribution in [-0.2, 0) is 0 Å². The number of benzene rings is 1. The summed E-state index contributed by atoms with van der Waals surface area (Å²) in [6, 6.07) is 8.10. The molecule has 21 heavy (non-hydrogen) atoms. The Morgan fingerprint density at radius 1 is 1.10 bits per heavy atom. The molecular formula is C16H18Cl3NS. The van der Waals surface area contributed by atoms with Gasteiger partial charge in [0.2, 0.25) is 0 Å². The molecule has 0 aliphatic rings. The molecule has 114 valence electrons. The normalized spacial score (nSPS) is 12.6. The molecule has 0 spiro atoms. The lowest BCUT2D eigenvalue weighted by Gasteiger charge is -2.15. The molecule has 0 aliphatic carbocycles. The molecule has 0 amide bonds. The summed E-state index contributed by atoms with van der Waals surface area (Å²) in [5.74, 6) is 0. The Labute approximate surface area is 145 Å². The monoisotopic (exact) mass is 361 g/mol. The van der Waals surface area contributed by atoms with Crippen molar-refractivity contribution >= 4 is 46.1 Å². The van der Waals surface area contributed by atoms with Crippen LogP contribution in [0, 0.1) is 0 Å². The van der Waals surface area contributed by atoms with Crippen LogP contribution in [0.2, 0.25) is 15.1 Å². The van der Waals surface area contributed by atoms with Crippen molar-refractivity contribution in [3.63, 3.8) is 0 Å². The minimum Gasteiger partial charge on any atom is -0.310 e. The maximum atomic E-state index is 6.30. The first kappa shape index (κ1) is 17.1. The summed E-state index contributed by atoms with van der Waals surface area (Å²) in [6.45, 7) is 5.29. The number of hydrogen-bond acceptors (Lipinski definition) is 2. The number of thiophene rings is 1. The Balaban J connectivity index is 2.35. The van der Waals surface area contributed by atoms with Gasteiger partial charge in [0, 0.05) is 26.4 Å². The van der Waals surface area contributed by atoms with Crippen LogP contribution >= 0.6 is 46.1 Å². The Bertz CT molecular complexity index is 580. The third-order valence-corrected chi connectivity index (χ3v) is 5.28. The van der Waals surface area contributed by atoms with Gasteiger partial charge in [-0.3, -0.25) is 0 Å². The standard InChI is InChI=1S/C16H18Cl3NS/c1-3-5-13(20-4-2)14-6-7-15(21-14)16-11(18)8-10(17)9-12(16)19/h6-9,13,20H,3-5H2,1-2H3. The SMILES string of the molecule is CCCC(NCC)c1ccc(-c2c(Cl)cc(Cl)cc2Cl)s1. The first-order valence-electron chi connectivity index (χ1n) is 7.04. The van der Waals surface area contributed by atoms with Crippen molar-refractivity contribution in [2.24, 2.45) is 0 Å². The molecule has 1 N–H and O–H groups in total. The van der Waals surface area contributed by atoms with Crippen LogP contribution in [-0.4, -0.2) is 6.54 Å². The summed E-state index contributed by atoms with van der Waals surface area (Å²) in [6.07, 6.45) is 2.27. The molecule has 1 nitrogen and oxygen atoms in total. The Morgan fingerprint density at radius 2 is 1.76 bits per heavy atom. The van der Waals surface area contributed by atoms with Gasteiger partial charge in [-0.05, 0) is 37.2 Å². The van der Waals surface area contributed by atoms with Gasteiger partial charge in [-0.15, -0.1) is 11.3 Å². The van der Waals surface area contributed by atoms with Gasteiger partial charge in [-0.2, -0.15) is 0 Å². The molecule has 1 atom stereocenters. The fraction of sp³-hybridized carbons (Fsp3) is 0.375. The van der Waals surface area contributed by atoms with Gasteiger partial charge in [-0.25, -0.2) is 0 Å². The topological polar surface area (TPSA) is 12.0 Å². The molecule has 1 unspecified atom stereocenters. The van der Waals surface area contributed by atoms with E-state index in [4.69, 9.17) is 34.8 Å². The largest absolute Gasteiger partial charge is 0.310 e. The van der Waals surface area contributed by atoms with E-state index in [1.54, 1.807) is 23.5 Å². The molecule has 2 rings (SSSR count). The highest BCUT2D eigenvalue weighted by Gasteiger charge is 2.16. The van der Waals surface area contributed by atoms with Crippen LogP contribution in [0.5, 0.6) is 0 Å². The maximum Gasteiger partial charge on any atom is 0.0522 e. The second kappa shape index (κ2) is 7.85. The molecule has 0 radical (unpaired) electrons. The number of hydrogen-bond donors (Lipinski definition) is 1. The van der Waals surface area contributed by atoms with Gasteiger partial charge in [0.1, 0.15) is 0 Å². The molecule has 1 aromatic heterocycles. The van der Waals surface area contributed by atoms with Gasteiger partial charge < -0.3 is 5.32 Å². The third-order valence-electron chi connectivity index (χ3n) is 3.25. The summed E-state index contributed by atoms with van der Waals surface area (Å²) in [5.41, 5.74) is 0.866. The van der Waals surface area contributed by atoms with E-state index in [-0.39, 0.29) is 0 Å². The van der Waals surface area contributed by atoms with E-state index in [2.05, 4.69) is 31.3 Å². The summed E-state index contributed by atoms with van der Waals surface area (Å²) >= 11 is 20.3. The van der Waals surface area contributed by atoms with Crippen molar-refractivity contribution in [1.82, 2.24) is 5.32 Å². The third kappa shape index (κ3) is 4.14. The van der Waals surface area contributed by atoms with Crippen LogP contribution in [0.3, 0.4) is 0 Å². The molecule has 1 aromatic carbocycles. The average molecular weight is 363 g/mol. The lowest BCUT2D eigenvalue weighted by molar-refractivity contribution is 0.516. The first-order chi connectivity index (χ1) is 10.1. The highest BCUT2D eigenvalue weighted by atomic mass is 35.5. The van der Waals surface area contributed by atoms with E-state index in [0.717, 1.165) is 29.8 Å². The molecule has 0 saturated carbocycles. The minimum atomic E-state index is 0.392. The smallest absolute Gasteiger partial charge is 0.0522 e. The number of rotatable bonds is 6. The molecule has 5 heteroatoms. The maximum absolute atomic E-state index is 6.30. The quantitative estimate of drug-likeness (QED) is 0.594. The zero-order valence-electron chi connectivity index (χ0n) is 12.1. The van der Waals surface area contributed by atoms with E-state index in [1.807, 2.05) is 0 Å². The van der Waals surface area contributed by atoms with Crippen molar-refractivity contribution in [3.05, 3.63) is 44.2 Å². The zero-order valence-corrected chi connectivity index (χ0v) is 15.1. The van der Waals surface area contributed by atoms with Crippen molar-refractivity contribution in [2.75, 3.05) is 6.54 Å². The van der Waals surface area contributed by atoms with Gasteiger partial charge in [-0.1, -0.05) is 55.1 Å². The zero-order chi connectivity index (χ0) is 15.4. The fourth-order valence-corrected chi connectivity index (χ4v) is 4.66. The van der Waals surface area contributed by atoms with Crippen LogP contribution in [0.25, 0.3) is 10.4 Å². The molecule has 1 heterocycles. The van der Waals surface area contributed by atoms with Crippen molar-refractivity contribution in [3.8, 4) is 10.4 Å². The van der Waals surface area contributed by atoms with E-state index >= 15 is 0 Å². The molecular weight excluding hydrogens is 345 g/mol. The highest BCUT2D eigenvalue weighted by molar-refractivity contribution is 7.15. The molecule has 0 bridgehead atoms. The summed E-state index contributed by atoms with van der Waals surface area (Å²) in [7, 11) is 0. The first-order valence-corrected chi connectivity index (χ1v) is 8.99. The Hall–Kier alpha value is -0.250. The lowest BCUT2D eigenvalue weighted by atomic mass is 10.1. The minimum absolute atomic E-state index is 0.392. The van der Waals surface area contributed by atoms with Crippen LogP contribution in [0.15, 0.2) is 24.3 Å². The Kier molecular flexibility index (Phi) is 6.39. The lowest BCUT2D eigenvalue weighted by Crippen LogP contribution is -2.19. The predicted molar refractivity (Wildman–Crippen MR) is 96.1 cm³/mol. The van der Waals surface area contributed by atoms with E-state index < -0.39 is 0 Å².